The fraction of sp³-hybridized carbons (Fsp3) is 0.455. The lowest BCUT2D eigenvalue weighted by Crippen LogP contribution is -2.06. The van der Waals surface area contributed by atoms with E-state index in [1.54, 1.807) is 28.4 Å². The van der Waals surface area contributed by atoms with Gasteiger partial charge in [0.2, 0.25) is 5.75 Å². The van der Waals surface area contributed by atoms with E-state index in [2.05, 4.69) is 5.11 Å². The maximum absolute atomic E-state index is 9.25. The zero-order valence-electron chi connectivity index (χ0n) is 18.0. The standard InChI is InChI=1S/C22H30N2O6/c1-26-15-13-18(17-8-9-19(27-2)22(29-4)21(17)28-3)16(7-5-6-10-24-23)20(14-15)30-12-11-25/h8-9,13-14,23,25H,5-7,10-12H2,1-4H3. The van der Waals surface area contributed by atoms with E-state index in [-0.39, 0.29) is 13.2 Å². The van der Waals surface area contributed by atoms with E-state index in [1.807, 2.05) is 24.3 Å². The van der Waals surface area contributed by atoms with E-state index in [4.69, 9.17) is 29.2 Å². The van der Waals surface area contributed by atoms with Gasteiger partial charge in [-0.1, -0.05) is 0 Å². The molecule has 2 N–H and O–H groups in total. The molecule has 164 valence electrons. The monoisotopic (exact) mass is 418 g/mol. The van der Waals surface area contributed by atoms with Crippen LogP contribution >= 0.6 is 0 Å². The number of aliphatic hydroxyl groups excluding tert-OH is 1. The van der Waals surface area contributed by atoms with Gasteiger partial charge in [0.05, 0.1) is 41.6 Å². The molecular formula is C22H30N2O6. The number of nitrogens with one attached hydrogen (secondary N) is 1. The summed E-state index contributed by atoms with van der Waals surface area (Å²) in [6.45, 7) is 0.562. The van der Waals surface area contributed by atoms with Crippen LogP contribution in [0.1, 0.15) is 18.4 Å². The van der Waals surface area contributed by atoms with E-state index in [0.29, 0.717) is 41.7 Å². The summed E-state index contributed by atoms with van der Waals surface area (Å²) in [5.74, 6) is 2.87. The summed E-state index contributed by atoms with van der Waals surface area (Å²) in [5, 5.41) is 12.7. The minimum Gasteiger partial charge on any atom is -0.497 e. The third-order valence-corrected chi connectivity index (χ3v) is 4.71. The first kappa shape index (κ1) is 23.3. The number of aliphatic hydroxyl groups is 1. The average molecular weight is 418 g/mol. The fourth-order valence-corrected chi connectivity index (χ4v) is 3.33. The number of methoxy groups -OCH3 is 4. The molecule has 0 saturated carbocycles. The normalized spacial score (nSPS) is 10.4. The van der Waals surface area contributed by atoms with Gasteiger partial charge in [-0.05, 0) is 43.0 Å². The zero-order chi connectivity index (χ0) is 21.9. The van der Waals surface area contributed by atoms with E-state index >= 15 is 0 Å². The van der Waals surface area contributed by atoms with Crippen molar-refractivity contribution < 1.29 is 28.8 Å². The summed E-state index contributed by atoms with van der Waals surface area (Å²) in [6, 6.07) is 7.48. The molecule has 8 heteroatoms. The average Bonchev–Trinajstić information content (AvgIpc) is 2.79. The molecule has 0 aliphatic rings. The molecule has 0 heterocycles. The first-order chi connectivity index (χ1) is 14.6. The van der Waals surface area contributed by atoms with Gasteiger partial charge in [-0.25, -0.2) is 5.53 Å². The number of hydrogen-bond acceptors (Lipinski definition) is 8. The summed E-state index contributed by atoms with van der Waals surface area (Å²) >= 11 is 0. The minimum atomic E-state index is -0.0939. The molecule has 0 atom stereocenters. The van der Waals surface area contributed by atoms with Gasteiger partial charge in [0.15, 0.2) is 11.5 Å². The number of rotatable bonds is 13. The van der Waals surface area contributed by atoms with Crippen molar-refractivity contribution in [1.82, 2.24) is 0 Å². The van der Waals surface area contributed by atoms with Gasteiger partial charge in [0, 0.05) is 17.2 Å². The molecule has 8 nitrogen and oxygen atoms in total. The van der Waals surface area contributed by atoms with Crippen LogP contribution in [0.3, 0.4) is 0 Å². The lowest BCUT2D eigenvalue weighted by Gasteiger charge is -2.21. The maximum atomic E-state index is 9.25. The molecule has 2 aromatic rings. The number of ether oxygens (including phenoxy) is 5. The van der Waals surface area contributed by atoms with Crippen molar-refractivity contribution in [3.8, 4) is 39.9 Å². The van der Waals surface area contributed by atoms with Crippen LogP contribution in [0.15, 0.2) is 29.4 Å². The highest BCUT2D eigenvalue weighted by molar-refractivity contribution is 5.81. The number of hydrogen-bond donors (Lipinski definition) is 2. The lowest BCUT2D eigenvalue weighted by molar-refractivity contribution is 0.200. The largest absolute Gasteiger partial charge is 0.497 e. The molecule has 0 spiro atoms. The molecule has 2 rings (SSSR count). The summed E-state index contributed by atoms with van der Waals surface area (Å²) < 4.78 is 28.0. The molecular weight excluding hydrogens is 388 g/mol. The Hall–Kier alpha value is -3.00. The van der Waals surface area contributed by atoms with Crippen molar-refractivity contribution in [2.24, 2.45) is 5.11 Å². The first-order valence-electron chi connectivity index (χ1n) is 9.72. The Bertz CT molecular complexity index is 841. The smallest absolute Gasteiger partial charge is 0.203 e. The summed E-state index contributed by atoms with van der Waals surface area (Å²) in [6.07, 6.45) is 2.32. The highest BCUT2D eigenvalue weighted by atomic mass is 16.5. The second kappa shape index (κ2) is 11.9. The molecule has 0 bridgehead atoms. The molecule has 0 radical (unpaired) electrons. The zero-order valence-corrected chi connectivity index (χ0v) is 18.0. The molecule has 0 unspecified atom stereocenters. The predicted molar refractivity (Wildman–Crippen MR) is 114 cm³/mol. The van der Waals surface area contributed by atoms with Gasteiger partial charge < -0.3 is 28.8 Å². The van der Waals surface area contributed by atoms with Crippen LogP contribution in [0, 0.1) is 5.53 Å². The van der Waals surface area contributed by atoms with Crippen molar-refractivity contribution in [3.05, 3.63) is 29.8 Å². The van der Waals surface area contributed by atoms with Crippen LogP contribution in [-0.2, 0) is 6.42 Å². The van der Waals surface area contributed by atoms with Crippen molar-refractivity contribution in [2.75, 3.05) is 48.2 Å². The van der Waals surface area contributed by atoms with Gasteiger partial charge in [0.25, 0.3) is 0 Å². The lowest BCUT2D eigenvalue weighted by atomic mass is 9.93. The van der Waals surface area contributed by atoms with E-state index in [9.17, 15) is 5.11 Å². The Labute approximate surface area is 177 Å². The van der Waals surface area contributed by atoms with Crippen LogP contribution in [0.5, 0.6) is 28.7 Å². The Morgan fingerprint density at radius 2 is 1.63 bits per heavy atom. The van der Waals surface area contributed by atoms with E-state index in [0.717, 1.165) is 29.5 Å². The first-order valence-corrected chi connectivity index (χ1v) is 9.72. The van der Waals surface area contributed by atoms with Crippen molar-refractivity contribution in [2.45, 2.75) is 19.3 Å². The van der Waals surface area contributed by atoms with Crippen LogP contribution in [0.2, 0.25) is 0 Å². The van der Waals surface area contributed by atoms with Crippen LogP contribution < -0.4 is 23.7 Å². The van der Waals surface area contributed by atoms with Gasteiger partial charge in [0.1, 0.15) is 18.1 Å². The maximum Gasteiger partial charge on any atom is 0.203 e. The highest BCUT2D eigenvalue weighted by Gasteiger charge is 2.22. The second-order valence-corrected chi connectivity index (χ2v) is 6.44. The predicted octanol–water partition coefficient (Wildman–Crippen LogP) is 4.11. The molecule has 0 fully saturated rings. The second-order valence-electron chi connectivity index (χ2n) is 6.44. The molecule has 30 heavy (non-hydrogen) atoms. The van der Waals surface area contributed by atoms with Gasteiger partial charge in [-0.15, -0.1) is 0 Å². The third kappa shape index (κ3) is 5.33. The van der Waals surface area contributed by atoms with Crippen molar-refractivity contribution in [1.29, 1.82) is 5.53 Å². The molecule has 0 amide bonds. The highest BCUT2D eigenvalue weighted by Crippen LogP contribution is 2.47. The van der Waals surface area contributed by atoms with Gasteiger partial charge in [-0.2, -0.15) is 5.11 Å². The van der Waals surface area contributed by atoms with Crippen molar-refractivity contribution in [3.63, 3.8) is 0 Å². The number of nitrogens with zero attached hydrogens (tertiary/aromatic N) is 1. The number of benzene rings is 2. The third-order valence-electron chi connectivity index (χ3n) is 4.71. The Kier molecular flexibility index (Phi) is 9.21. The Balaban J connectivity index is 2.68. The van der Waals surface area contributed by atoms with Crippen LogP contribution in [0.4, 0.5) is 0 Å². The molecule has 0 saturated heterocycles. The summed E-state index contributed by atoms with van der Waals surface area (Å²) in [4.78, 5) is 0. The Morgan fingerprint density at radius 3 is 2.23 bits per heavy atom. The SMILES string of the molecule is COc1cc(OCCO)c(CCCCN=N)c(-c2ccc(OC)c(OC)c2OC)c1. The topological polar surface area (TPSA) is 103 Å². The van der Waals surface area contributed by atoms with Crippen molar-refractivity contribution >= 4 is 0 Å². The fourth-order valence-electron chi connectivity index (χ4n) is 3.33. The minimum absolute atomic E-state index is 0.0939. The van der Waals surface area contributed by atoms with Crippen LogP contribution in [0.25, 0.3) is 11.1 Å². The van der Waals surface area contributed by atoms with E-state index in [1.165, 1.54) is 0 Å². The van der Waals surface area contributed by atoms with Gasteiger partial charge >= 0.3 is 0 Å². The van der Waals surface area contributed by atoms with E-state index < -0.39 is 0 Å². The van der Waals surface area contributed by atoms with Crippen LogP contribution in [-0.4, -0.2) is 53.3 Å². The molecule has 0 aromatic heterocycles. The van der Waals surface area contributed by atoms with Gasteiger partial charge in [-0.3, -0.25) is 0 Å². The molecule has 0 aliphatic heterocycles. The number of unbranched alkanes of at least 4 members (excludes halogenated alkanes) is 1. The molecule has 0 aliphatic carbocycles. The molecule has 2 aromatic carbocycles. The summed E-state index contributed by atoms with van der Waals surface area (Å²) in [7, 11) is 6.32. The quantitative estimate of drug-likeness (QED) is 0.375. The Morgan fingerprint density at radius 1 is 0.867 bits per heavy atom. The summed E-state index contributed by atoms with van der Waals surface area (Å²) in [5.41, 5.74) is 9.64.